The minimum absolute atomic E-state index is 0.161. The van der Waals surface area contributed by atoms with Crippen molar-refractivity contribution in [2.75, 3.05) is 11.9 Å². The van der Waals surface area contributed by atoms with Crippen LogP contribution in [0.25, 0.3) is 0 Å². The van der Waals surface area contributed by atoms with E-state index in [-0.39, 0.29) is 5.69 Å². The number of alkyl halides is 3. The number of unbranched alkanes of at least 4 members (excludes halogenated alkanes) is 5. The SMILES string of the molecule is CCCCCCCCNc1ccc(Br)cc1C(F)(F)F. The van der Waals surface area contributed by atoms with Crippen molar-refractivity contribution in [2.24, 2.45) is 0 Å². The molecule has 0 aliphatic heterocycles. The molecule has 114 valence electrons. The van der Waals surface area contributed by atoms with E-state index >= 15 is 0 Å². The maximum atomic E-state index is 12.9. The molecule has 0 fully saturated rings. The van der Waals surface area contributed by atoms with Crippen molar-refractivity contribution in [2.45, 2.75) is 51.6 Å². The summed E-state index contributed by atoms with van der Waals surface area (Å²) in [5, 5.41) is 2.90. The molecule has 20 heavy (non-hydrogen) atoms. The maximum absolute atomic E-state index is 12.9. The summed E-state index contributed by atoms with van der Waals surface area (Å²) in [4.78, 5) is 0. The molecular weight excluding hydrogens is 331 g/mol. The van der Waals surface area contributed by atoms with Gasteiger partial charge >= 0.3 is 6.18 Å². The molecular formula is C15H21BrF3N. The van der Waals surface area contributed by atoms with Gasteiger partial charge in [-0.25, -0.2) is 0 Å². The number of rotatable bonds is 8. The zero-order valence-electron chi connectivity index (χ0n) is 11.7. The fraction of sp³-hybridized carbons (Fsp3) is 0.600. The molecule has 1 rings (SSSR count). The first-order chi connectivity index (χ1) is 9.45. The Bertz CT molecular complexity index is 405. The average Bonchev–Trinajstić information content (AvgIpc) is 2.38. The Morgan fingerprint density at radius 3 is 2.35 bits per heavy atom. The van der Waals surface area contributed by atoms with Gasteiger partial charge in [-0.15, -0.1) is 0 Å². The summed E-state index contributed by atoms with van der Waals surface area (Å²) in [7, 11) is 0. The lowest BCUT2D eigenvalue weighted by Gasteiger charge is -2.15. The molecule has 0 spiro atoms. The van der Waals surface area contributed by atoms with Crippen LogP contribution >= 0.6 is 15.9 Å². The molecule has 1 aromatic rings. The van der Waals surface area contributed by atoms with Gasteiger partial charge in [0.25, 0.3) is 0 Å². The van der Waals surface area contributed by atoms with Crippen LogP contribution in [0.1, 0.15) is 51.0 Å². The largest absolute Gasteiger partial charge is 0.418 e. The fourth-order valence-corrected chi connectivity index (χ4v) is 2.39. The van der Waals surface area contributed by atoms with Crippen molar-refractivity contribution in [1.29, 1.82) is 0 Å². The molecule has 1 nitrogen and oxygen atoms in total. The number of benzene rings is 1. The molecule has 0 aliphatic rings. The molecule has 0 aromatic heterocycles. The zero-order chi connectivity index (χ0) is 15.0. The first kappa shape index (κ1) is 17.3. The van der Waals surface area contributed by atoms with Gasteiger partial charge in [-0.05, 0) is 24.6 Å². The van der Waals surface area contributed by atoms with Gasteiger partial charge in [0, 0.05) is 16.7 Å². The molecule has 0 unspecified atom stereocenters. The third-order valence-corrected chi connectivity index (χ3v) is 3.63. The van der Waals surface area contributed by atoms with Gasteiger partial charge in [0.15, 0.2) is 0 Å². The minimum atomic E-state index is -4.33. The van der Waals surface area contributed by atoms with E-state index in [1.165, 1.54) is 25.3 Å². The minimum Gasteiger partial charge on any atom is -0.385 e. The van der Waals surface area contributed by atoms with Crippen molar-refractivity contribution < 1.29 is 13.2 Å². The molecule has 0 heterocycles. The summed E-state index contributed by atoms with van der Waals surface area (Å²) in [6.45, 7) is 2.74. The van der Waals surface area contributed by atoms with Crippen LogP contribution in [-0.4, -0.2) is 6.54 Å². The summed E-state index contributed by atoms with van der Waals surface area (Å²) < 4.78 is 39.1. The van der Waals surface area contributed by atoms with Gasteiger partial charge in [-0.2, -0.15) is 13.2 Å². The second-order valence-electron chi connectivity index (χ2n) is 4.88. The predicted octanol–water partition coefficient (Wildman–Crippen LogP) is 6.24. The summed E-state index contributed by atoms with van der Waals surface area (Å²) in [5.41, 5.74) is -0.452. The predicted molar refractivity (Wildman–Crippen MR) is 81.0 cm³/mol. The molecule has 0 saturated carbocycles. The van der Waals surface area contributed by atoms with Crippen LogP contribution in [-0.2, 0) is 6.18 Å². The van der Waals surface area contributed by atoms with E-state index in [0.29, 0.717) is 11.0 Å². The van der Waals surface area contributed by atoms with Gasteiger partial charge in [-0.3, -0.25) is 0 Å². The second kappa shape index (κ2) is 8.55. The van der Waals surface area contributed by atoms with E-state index in [1.54, 1.807) is 6.07 Å². The Balaban J connectivity index is 2.44. The topological polar surface area (TPSA) is 12.0 Å². The lowest BCUT2D eigenvalue weighted by Crippen LogP contribution is -2.11. The van der Waals surface area contributed by atoms with E-state index in [0.717, 1.165) is 25.3 Å². The first-order valence-electron chi connectivity index (χ1n) is 7.05. The monoisotopic (exact) mass is 351 g/mol. The Morgan fingerprint density at radius 2 is 1.70 bits per heavy atom. The van der Waals surface area contributed by atoms with Crippen LogP contribution < -0.4 is 5.32 Å². The molecule has 0 saturated heterocycles. The van der Waals surface area contributed by atoms with Gasteiger partial charge in [0.05, 0.1) is 5.56 Å². The number of nitrogens with one attached hydrogen (secondary N) is 1. The van der Waals surface area contributed by atoms with Crippen molar-refractivity contribution in [3.8, 4) is 0 Å². The van der Waals surface area contributed by atoms with Crippen LogP contribution in [0.2, 0.25) is 0 Å². The number of anilines is 1. The first-order valence-corrected chi connectivity index (χ1v) is 7.85. The summed E-state index contributed by atoms with van der Waals surface area (Å²) >= 11 is 3.08. The van der Waals surface area contributed by atoms with Crippen molar-refractivity contribution >= 4 is 21.6 Å². The van der Waals surface area contributed by atoms with E-state index in [1.807, 2.05) is 0 Å². The number of hydrogen-bond acceptors (Lipinski definition) is 1. The van der Waals surface area contributed by atoms with Crippen molar-refractivity contribution in [3.63, 3.8) is 0 Å². The van der Waals surface area contributed by atoms with Crippen molar-refractivity contribution in [3.05, 3.63) is 28.2 Å². The quantitative estimate of drug-likeness (QED) is 0.546. The Hall–Kier alpha value is -0.710. The molecule has 1 aromatic carbocycles. The molecule has 5 heteroatoms. The fourth-order valence-electron chi connectivity index (χ4n) is 2.03. The molecule has 0 bridgehead atoms. The molecule has 0 radical (unpaired) electrons. The summed E-state index contributed by atoms with van der Waals surface area (Å²) in [6, 6.07) is 4.21. The van der Waals surface area contributed by atoms with Crippen LogP contribution in [0.4, 0.5) is 18.9 Å². The normalized spacial score (nSPS) is 11.7. The van der Waals surface area contributed by atoms with Crippen molar-refractivity contribution in [1.82, 2.24) is 0 Å². The Morgan fingerprint density at radius 1 is 1.05 bits per heavy atom. The highest BCUT2D eigenvalue weighted by molar-refractivity contribution is 9.10. The highest BCUT2D eigenvalue weighted by atomic mass is 79.9. The van der Waals surface area contributed by atoms with Crippen LogP contribution in [0.3, 0.4) is 0 Å². The van der Waals surface area contributed by atoms with Crippen LogP contribution in [0.15, 0.2) is 22.7 Å². The molecule has 0 amide bonds. The highest BCUT2D eigenvalue weighted by Gasteiger charge is 2.33. The maximum Gasteiger partial charge on any atom is 0.418 e. The highest BCUT2D eigenvalue weighted by Crippen LogP contribution is 2.36. The Labute approximate surface area is 127 Å². The second-order valence-corrected chi connectivity index (χ2v) is 5.80. The smallest absolute Gasteiger partial charge is 0.385 e. The molecule has 1 N–H and O–H groups in total. The van der Waals surface area contributed by atoms with Gasteiger partial charge < -0.3 is 5.32 Å². The summed E-state index contributed by atoms with van der Waals surface area (Å²) in [5.74, 6) is 0. The molecule has 0 atom stereocenters. The van der Waals surface area contributed by atoms with E-state index in [2.05, 4.69) is 28.2 Å². The van der Waals surface area contributed by atoms with Gasteiger partial charge in [0.2, 0.25) is 0 Å². The third-order valence-electron chi connectivity index (χ3n) is 3.13. The summed E-state index contributed by atoms with van der Waals surface area (Å²) in [6.07, 6.45) is 2.43. The van der Waals surface area contributed by atoms with E-state index in [4.69, 9.17) is 0 Å². The zero-order valence-corrected chi connectivity index (χ0v) is 13.3. The number of halogens is 4. The van der Waals surface area contributed by atoms with E-state index < -0.39 is 11.7 Å². The van der Waals surface area contributed by atoms with Crippen LogP contribution in [0.5, 0.6) is 0 Å². The number of hydrogen-bond donors (Lipinski definition) is 1. The van der Waals surface area contributed by atoms with Crippen LogP contribution in [0, 0.1) is 0 Å². The van der Waals surface area contributed by atoms with Gasteiger partial charge in [0.1, 0.15) is 0 Å². The third kappa shape index (κ3) is 6.16. The van der Waals surface area contributed by atoms with E-state index in [9.17, 15) is 13.2 Å². The average molecular weight is 352 g/mol. The lowest BCUT2D eigenvalue weighted by atomic mass is 10.1. The Kier molecular flexibility index (Phi) is 7.41. The van der Waals surface area contributed by atoms with Gasteiger partial charge in [-0.1, -0.05) is 55.0 Å². The molecule has 0 aliphatic carbocycles. The lowest BCUT2D eigenvalue weighted by molar-refractivity contribution is -0.137. The standard InChI is InChI=1S/C15H21BrF3N/c1-2-3-4-5-6-7-10-20-14-9-8-12(16)11-13(14)15(17,18)19/h8-9,11,20H,2-7,10H2,1H3.